The highest BCUT2D eigenvalue weighted by Gasteiger charge is 2.16. The van der Waals surface area contributed by atoms with Crippen LogP contribution in [0.3, 0.4) is 0 Å². The second kappa shape index (κ2) is 9.54. The Balaban J connectivity index is 1.60. The van der Waals surface area contributed by atoms with E-state index >= 15 is 0 Å². The number of nitrogens with zero attached hydrogens (tertiary/aromatic N) is 2. The molecule has 0 spiro atoms. The van der Waals surface area contributed by atoms with Crippen LogP contribution in [0.1, 0.15) is 19.8 Å². The fourth-order valence-corrected chi connectivity index (χ4v) is 4.00. The van der Waals surface area contributed by atoms with Gasteiger partial charge in [0.1, 0.15) is 0 Å². The first-order chi connectivity index (χ1) is 10.3. The molecule has 0 aromatic carbocycles. The molecule has 2 aliphatic heterocycles. The maximum atomic E-state index is 5.39. The highest BCUT2D eigenvalue weighted by Crippen LogP contribution is 2.25. The van der Waals surface area contributed by atoms with Gasteiger partial charge in [0.05, 0.1) is 13.2 Å². The highest BCUT2D eigenvalue weighted by molar-refractivity contribution is 8.00. The molecule has 6 heteroatoms. The smallest absolute Gasteiger partial charge is 0.191 e. The number of thioether (sulfide) groups is 1. The minimum Gasteiger partial charge on any atom is -0.379 e. The number of hydrogen-bond donors (Lipinski definition) is 2. The van der Waals surface area contributed by atoms with Crippen LogP contribution in [0.15, 0.2) is 4.99 Å². The van der Waals surface area contributed by atoms with E-state index in [9.17, 15) is 0 Å². The van der Waals surface area contributed by atoms with E-state index < -0.39 is 0 Å². The molecule has 2 saturated heterocycles. The van der Waals surface area contributed by atoms with Gasteiger partial charge in [-0.15, -0.1) is 0 Å². The normalized spacial score (nSPS) is 25.8. The average Bonchev–Trinajstić information content (AvgIpc) is 3.02. The Bertz CT molecular complexity index is 315. The third kappa shape index (κ3) is 6.45. The predicted octanol–water partition coefficient (Wildman–Crippen LogP) is 1.02. The average molecular weight is 314 g/mol. The topological polar surface area (TPSA) is 48.9 Å². The first kappa shape index (κ1) is 16.9. The van der Waals surface area contributed by atoms with Gasteiger partial charge in [-0.2, -0.15) is 11.8 Å². The van der Waals surface area contributed by atoms with Crippen molar-refractivity contribution < 1.29 is 4.74 Å². The lowest BCUT2D eigenvalue weighted by Crippen LogP contribution is -2.44. The van der Waals surface area contributed by atoms with Crippen LogP contribution in [-0.4, -0.2) is 74.8 Å². The summed E-state index contributed by atoms with van der Waals surface area (Å²) in [5, 5.41) is 7.67. The van der Waals surface area contributed by atoms with Crippen molar-refractivity contribution in [3.63, 3.8) is 0 Å². The molecule has 122 valence electrons. The van der Waals surface area contributed by atoms with E-state index in [1.807, 2.05) is 7.05 Å². The van der Waals surface area contributed by atoms with Crippen molar-refractivity contribution in [1.29, 1.82) is 0 Å². The van der Waals surface area contributed by atoms with Gasteiger partial charge in [0.25, 0.3) is 0 Å². The van der Waals surface area contributed by atoms with E-state index in [1.54, 1.807) is 0 Å². The van der Waals surface area contributed by atoms with E-state index in [0.717, 1.165) is 57.1 Å². The van der Waals surface area contributed by atoms with Crippen LogP contribution in [0.4, 0.5) is 0 Å². The number of rotatable bonds is 6. The van der Waals surface area contributed by atoms with Gasteiger partial charge in [-0.25, -0.2) is 0 Å². The fraction of sp³-hybridized carbons (Fsp3) is 0.933. The molecule has 2 heterocycles. The molecule has 0 aliphatic carbocycles. The summed E-state index contributed by atoms with van der Waals surface area (Å²) >= 11 is 2.08. The molecular formula is C15H30N4OS. The molecule has 0 aromatic heterocycles. The van der Waals surface area contributed by atoms with E-state index in [-0.39, 0.29) is 0 Å². The second-order valence-electron chi connectivity index (χ2n) is 5.99. The number of hydrogen-bond acceptors (Lipinski definition) is 4. The van der Waals surface area contributed by atoms with Crippen molar-refractivity contribution >= 4 is 17.7 Å². The summed E-state index contributed by atoms with van der Waals surface area (Å²) in [5.41, 5.74) is 0. The molecule has 0 saturated carbocycles. The molecule has 0 aromatic rings. The van der Waals surface area contributed by atoms with Crippen LogP contribution >= 0.6 is 11.8 Å². The van der Waals surface area contributed by atoms with Crippen molar-refractivity contribution in [2.45, 2.75) is 25.0 Å². The molecule has 5 nitrogen and oxygen atoms in total. The van der Waals surface area contributed by atoms with Gasteiger partial charge in [-0.05, 0) is 24.5 Å². The molecule has 0 radical (unpaired) electrons. The van der Waals surface area contributed by atoms with Crippen molar-refractivity contribution in [1.82, 2.24) is 15.5 Å². The summed E-state index contributed by atoms with van der Waals surface area (Å²) in [6, 6.07) is 0. The minimum atomic E-state index is 0.613. The lowest BCUT2D eigenvalue weighted by Gasteiger charge is -2.29. The summed E-state index contributed by atoms with van der Waals surface area (Å²) in [5.74, 6) is 2.87. The Hall–Kier alpha value is -0.460. The van der Waals surface area contributed by atoms with Crippen LogP contribution in [0.5, 0.6) is 0 Å². The third-order valence-electron chi connectivity index (χ3n) is 4.04. The minimum absolute atomic E-state index is 0.613. The van der Waals surface area contributed by atoms with E-state index in [4.69, 9.17) is 4.74 Å². The van der Waals surface area contributed by atoms with Crippen LogP contribution in [0.25, 0.3) is 0 Å². The van der Waals surface area contributed by atoms with E-state index in [0.29, 0.717) is 5.92 Å². The lowest BCUT2D eigenvalue weighted by atomic mass is 10.1. The van der Waals surface area contributed by atoms with Gasteiger partial charge in [-0.3, -0.25) is 9.89 Å². The van der Waals surface area contributed by atoms with Gasteiger partial charge >= 0.3 is 0 Å². The summed E-state index contributed by atoms with van der Waals surface area (Å²) in [6.07, 6.45) is 2.70. The van der Waals surface area contributed by atoms with E-state index in [1.165, 1.54) is 18.6 Å². The number of morpholine rings is 1. The molecule has 2 atom stereocenters. The Morgan fingerprint density at radius 1 is 1.38 bits per heavy atom. The van der Waals surface area contributed by atoms with Crippen LogP contribution < -0.4 is 10.6 Å². The Morgan fingerprint density at radius 2 is 2.19 bits per heavy atom. The fourth-order valence-electron chi connectivity index (χ4n) is 2.80. The van der Waals surface area contributed by atoms with E-state index in [2.05, 4.69) is 39.2 Å². The van der Waals surface area contributed by atoms with Gasteiger partial charge in [0.15, 0.2) is 5.96 Å². The second-order valence-corrected chi connectivity index (χ2v) is 7.40. The van der Waals surface area contributed by atoms with Crippen molar-refractivity contribution in [3.05, 3.63) is 0 Å². The zero-order chi connectivity index (χ0) is 14.9. The van der Waals surface area contributed by atoms with Crippen LogP contribution in [0.2, 0.25) is 0 Å². The number of guanidine groups is 1. The summed E-state index contributed by atoms with van der Waals surface area (Å²) in [6.45, 7) is 9.31. The lowest BCUT2D eigenvalue weighted by molar-refractivity contribution is 0.0320. The number of aliphatic imine (C=N–C) groups is 1. The molecule has 2 aliphatic rings. The van der Waals surface area contributed by atoms with Crippen molar-refractivity contribution in [2.75, 3.05) is 58.7 Å². The number of nitrogens with one attached hydrogen (secondary N) is 2. The Kier molecular flexibility index (Phi) is 7.68. The largest absolute Gasteiger partial charge is 0.379 e. The molecule has 2 fully saturated rings. The van der Waals surface area contributed by atoms with Crippen molar-refractivity contribution in [3.8, 4) is 0 Å². The first-order valence-electron chi connectivity index (χ1n) is 8.14. The van der Waals surface area contributed by atoms with Crippen molar-refractivity contribution in [2.24, 2.45) is 10.9 Å². The Labute approximate surface area is 133 Å². The maximum absolute atomic E-state index is 5.39. The number of ether oxygens (including phenoxy) is 1. The van der Waals surface area contributed by atoms with Gasteiger partial charge in [0.2, 0.25) is 0 Å². The first-order valence-corrected chi connectivity index (χ1v) is 9.19. The van der Waals surface area contributed by atoms with Gasteiger partial charge in [0, 0.05) is 45.0 Å². The van der Waals surface area contributed by atoms with Crippen LogP contribution in [-0.2, 0) is 4.74 Å². The SMILES string of the molecule is CN=C(NCC(C)CN1CCOCC1)NCC1CCCS1. The maximum Gasteiger partial charge on any atom is 0.191 e. The summed E-state index contributed by atoms with van der Waals surface area (Å²) < 4.78 is 5.39. The third-order valence-corrected chi connectivity index (χ3v) is 5.43. The molecule has 0 bridgehead atoms. The van der Waals surface area contributed by atoms with Crippen LogP contribution in [0, 0.1) is 5.92 Å². The summed E-state index contributed by atoms with van der Waals surface area (Å²) in [4.78, 5) is 6.81. The molecule has 2 rings (SSSR count). The quantitative estimate of drug-likeness (QED) is 0.566. The Morgan fingerprint density at radius 3 is 2.86 bits per heavy atom. The standard InChI is InChI=1S/C15H30N4OS/c1-13(12-19-5-7-20-8-6-19)10-17-15(16-2)18-11-14-4-3-9-21-14/h13-14H,3-12H2,1-2H3,(H2,16,17,18). The predicted molar refractivity (Wildman–Crippen MR) is 91.3 cm³/mol. The molecular weight excluding hydrogens is 284 g/mol. The molecule has 21 heavy (non-hydrogen) atoms. The van der Waals surface area contributed by atoms with Gasteiger partial charge < -0.3 is 15.4 Å². The highest BCUT2D eigenvalue weighted by atomic mass is 32.2. The van der Waals surface area contributed by atoms with Gasteiger partial charge in [-0.1, -0.05) is 6.92 Å². The molecule has 2 unspecified atom stereocenters. The monoisotopic (exact) mass is 314 g/mol. The molecule has 0 amide bonds. The summed E-state index contributed by atoms with van der Waals surface area (Å²) in [7, 11) is 1.85. The zero-order valence-corrected chi connectivity index (χ0v) is 14.3. The molecule has 2 N–H and O–H groups in total. The zero-order valence-electron chi connectivity index (χ0n) is 13.4.